The number of thiazole rings is 1. The van der Waals surface area contributed by atoms with Gasteiger partial charge in [0.05, 0.1) is 24.6 Å². The van der Waals surface area contributed by atoms with Gasteiger partial charge in [-0.15, -0.1) is 11.3 Å². The third-order valence-corrected chi connectivity index (χ3v) is 5.92. The normalized spacial score (nSPS) is 16.0. The summed E-state index contributed by atoms with van der Waals surface area (Å²) in [4.78, 5) is 35.7. The van der Waals surface area contributed by atoms with Crippen molar-refractivity contribution in [2.45, 2.75) is 19.3 Å². The smallest absolute Gasteiger partial charge is 0.231 e. The number of likely N-dealkylation sites (tertiary alicyclic amines) is 1. The molecule has 0 saturated carbocycles. The Morgan fingerprint density at radius 1 is 1.19 bits per heavy atom. The molecule has 8 heteroatoms. The molecule has 0 spiro atoms. The second-order valence-corrected chi connectivity index (χ2v) is 8.22. The van der Waals surface area contributed by atoms with Crippen LogP contribution >= 0.6 is 11.3 Å². The van der Waals surface area contributed by atoms with Crippen LogP contribution in [0.25, 0.3) is 11.3 Å². The number of nitrogens with one attached hydrogen (secondary N) is 1. The first-order chi connectivity index (χ1) is 15.2. The molecule has 2 aromatic heterocycles. The largest absolute Gasteiger partial charge is 0.493 e. The molecule has 1 aliphatic heterocycles. The molecule has 1 fully saturated rings. The predicted octanol–water partition coefficient (Wildman–Crippen LogP) is 3.85. The van der Waals surface area contributed by atoms with Gasteiger partial charge in [-0.3, -0.25) is 14.6 Å². The number of pyridine rings is 1. The van der Waals surface area contributed by atoms with Gasteiger partial charge in [0.25, 0.3) is 0 Å². The van der Waals surface area contributed by atoms with Crippen LogP contribution in [0.4, 0.5) is 5.13 Å². The first kappa shape index (κ1) is 21.0. The third kappa shape index (κ3) is 5.67. The fourth-order valence-corrected chi connectivity index (χ4v) is 4.26. The highest BCUT2D eigenvalue weighted by Gasteiger charge is 2.28. The molecule has 7 nitrogen and oxygen atoms in total. The van der Waals surface area contributed by atoms with E-state index in [0.29, 0.717) is 31.2 Å². The average Bonchev–Trinajstić information content (AvgIpc) is 3.29. The van der Waals surface area contributed by atoms with Crippen LogP contribution in [-0.2, 0) is 9.59 Å². The summed E-state index contributed by atoms with van der Waals surface area (Å²) in [5, 5.41) is 5.37. The number of piperidine rings is 1. The highest BCUT2D eigenvalue weighted by Crippen LogP contribution is 2.26. The van der Waals surface area contributed by atoms with Crippen molar-refractivity contribution in [3.05, 3.63) is 60.2 Å². The molecular formula is C23H24N4O3S. The molecule has 1 atom stereocenters. The van der Waals surface area contributed by atoms with Gasteiger partial charge in [0, 0.05) is 36.4 Å². The first-order valence-corrected chi connectivity index (χ1v) is 11.2. The Morgan fingerprint density at radius 3 is 2.87 bits per heavy atom. The fraction of sp³-hybridized carbons (Fsp3) is 0.304. The quantitative estimate of drug-likeness (QED) is 0.608. The number of ether oxygens (including phenoxy) is 1. The van der Waals surface area contributed by atoms with Gasteiger partial charge in [-0.1, -0.05) is 18.2 Å². The molecule has 0 radical (unpaired) electrons. The van der Waals surface area contributed by atoms with Gasteiger partial charge in [-0.2, -0.15) is 0 Å². The first-order valence-electron chi connectivity index (χ1n) is 10.3. The number of carbonyl (C=O) groups excluding carboxylic acids is 2. The van der Waals surface area contributed by atoms with Crippen molar-refractivity contribution in [1.29, 1.82) is 0 Å². The van der Waals surface area contributed by atoms with E-state index in [0.717, 1.165) is 29.8 Å². The van der Waals surface area contributed by atoms with E-state index in [4.69, 9.17) is 4.74 Å². The minimum Gasteiger partial charge on any atom is -0.493 e. The lowest BCUT2D eigenvalue weighted by Gasteiger charge is -2.32. The van der Waals surface area contributed by atoms with Crippen LogP contribution in [0.3, 0.4) is 0 Å². The second kappa shape index (κ2) is 10.2. The van der Waals surface area contributed by atoms with Gasteiger partial charge >= 0.3 is 0 Å². The van der Waals surface area contributed by atoms with Gasteiger partial charge in [0.2, 0.25) is 11.8 Å². The van der Waals surface area contributed by atoms with Gasteiger partial charge in [-0.25, -0.2) is 4.98 Å². The molecule has 4 rings (SSSR count). The molecule has 1 aromatic carbocycles. The monoisotopic (exact) mass is 436 g/mol. The minimum atomic E-state index is -0.238. The minimum absolute atomic E-state index is 0.0153. The maximum absolute atomic E-state index is 12.8. The zero-order valence-corrected chi connectivity index (χ0v) is 17.9. The summed E-state index contributed by atoms with van der Waals surface area (Å²) in [5.74, 6) is 0.436. The molecule has 2 amide bonds. The van der Waals surface area contributed by atoms with E-state index >= 15 is 0 Å². The average molecular weight is 437 g/mol. The lowest BCUT2D eigenvalue weighted by atomic mass is 9.97. The number of amides is 2. The Balaban J connectivity index is 1.27. The van der Waals surface area contributed by atoms with Crippen molar-refractivity contribution in [3.8, 4) is 17.0 Å². The molecule has 3 aromatic rings. The lowest BCUT2D eigenvalue weighted by molar-refractivity contribution is -0.135. The third-order valence-electron chi connectivity index (χ3n) is 5.16. The zero-order chi connectivity index (χ0) is 21.5. The molecule has 1 aliphatic rings. The Morgan fingerprint density at radius 2 is 2.06 bits per heavy atom. The molecule has 31 heavy (non-hydrogen) atoms. The summed E-state index contributed by atoms with van der Waals surface area (Å²) in [7, 11) is 0. The van der Waals surface area contributed by atoms with Crippen LogP contribution in [0, 0.1) is 5.92 Å². The maximum Gasteiger partial charge on any atom is 0.231 e. The molecule has 1 unspecified atom stereocenters. The summed E-state index contributed by atoms with van der Waals surface area (Å²) in [5.41, 5.74) is 1.69. The van der Waals surface area contributed by atoms with Crippen molar-refractivity contribution < 1.29 is 14.3 Å². The van der Waals surface area contributed by atoms with Crippen molar-refractivity contribution >= 4 is 28.3 Å². The number of rotatable bonds is 7. The lowest BCUT2D eigenvalue weighted by Crippen LogP contribution is -2.44. The van der Waals surface area contributed by atoms with Crippen LogP contribution in [0.2, 0.25) is 0 Å². The van der Waals surface area contributed by atoms with Crippen molar-refractivity contribution in [2.24, 2.45) is 5.92 Å². The van der Waals surface area contributed by atoms with Gasteiger partial charge in [0.15, 0.2) is 5.13 Å². The summed E-state index contributed by atoms with van der Waals surface area (Å²) in [6, 6.07) is 13.2. The van der Waals surface area contributed by atoms with E-state index in [1.165, 1.54) is 11.3 Å². The SMILES string of the molecule is O=C(Nc1nc(-c2cccnc2)cs1)C1CCCN(C(=O)CCOc2ccccc2)C1. The van der Waals surface area contributed by atoms with E-state index < -0.39 is 0 Å². The standard InChI is InChI=1S/C23H24N4O3S/c28-21(10-13-30-19-8-2-1-3-9-19)27-12-5-7-18(15-27)22(29)26-23-25-20(16-31-23)17-6-4-11-24-14-17/h1-4,6,8-9,11,14,16,18H,5,7,10,12-13,15H2,(H,25,26,29). The zero-order valence-electron chi connectivity index (χ0n) is 17.1. The Hall–Kier alpha value is -3.26. The van der Waals surface area contributed by atoms with Gasteiger partial charge < -0.3 is 15.0 Å². The Labute approximate surface area is 185 Å². The maximum atomic E-state index is 12.8. The highest BCUT2D eigenvalue weighted by atomic mass is 32.1. The number of anilines is 1. The summed E-state index contributed by atoms with van der Waals surface area (Å²) >= 11 is 1.38. The number of aromatic nitrogens is 2. The van der Waals surface area contributed by atoms with Gasteiger partial charge in [-0.05, 0) is 37.1 Å². The molecule has 1 saturated heterocycles. The molecule has 0 bridgehead atoms. The number of hydrogen-bond donors (Lipinski definition) is 1. The Kier molecular flexibility index (Phi) is 6.89. The van der Waals surface area contributed by atoms with E-state index in [2.05, 4.69) is 15.3 Å². The van der Waals surface area contributed by atoms with E-state index in [1.54, 1.807) is 17.3 Å². The number of para-hydroxylation sites is 1. The number of hydrogen-bond acceptors (Lipinski definition) is 6. The number of benzene rings is 1. The summed E-state index contributed by atoms with van der Waals surface area (Å²) < 4.78 is 5.62. The summed E-state index contributed by atoms with van der Waals surface area (Å²) in [6.45, 7) is 1.43. The molecule has 160 valence electrons. The van der Waals surface area contributed by atoms with E-state index in [9.17, 15) is 9.59 Å². The Bertz CT molecular complexity index is 1010. The van der Waals surface area contributed by atoms with Crippen LogP contribution in [0.15, 0.2) is 60.2 Å². The van der Waals surface area contributed by atoms with E-state index in [-0.39, 0.29) is 17.7 Å². The van der Waals surface area contributed by atoms with Crippen LogP contribution < -0.4 is 10.1 Å². The number of carbonyl (C=O) groups is 2. The van der Waals surface area contributed by atoms with Crippen molar-refractivity contribution in [2.75, 3.05) is 25.0 Å². The van der Waals surface area contributed by atoms with Crippen LogP contribution in [0.5, 0.6) is 5.75 Å². The highest BCUT2D eigenvalue weighted by molar-refractivity contribution is 7.14. The summed E-state index contributed by atoms with van der Waals surface area (Å²) in [6.07, 6.45) is 5.32. The molecular weight excluding hydrogens is 412 g/mol. The second-order valence-electron chi connectivity index (χ2n) is 7.36. The van der Waals surface area contributed by atoms with Crippen molar-refractivity contribution in [3.63, 3.8) is 0 Å². The fourth-order valence-electron chi connectivity index (χ4n) is 3.53. The van der Waals surface area contributed by atoms with Crippen molar-refractivity contribution in [1.82, 2.24) is 14.9 Å². The van der Waals surface area contributed by atoms with Crippen LogP contribution in [0.1, 0.15) is 19.3 Å². The molecule has 1 N–H and O–H groups in total. The van der Waals surface area contributed by atoms with E-state index in [1.807, 2.05) is 47.8 Å². The van der Waals surface area contributed by atoms with Crippen LogP contribution in [-0.4, -0.2) is 46.4 Å². The number of nitrogens with zero attached hydrogens (tertiary/aromatic N) is 3. The topological polar surface area (TPSA) is 84.4 Å². The predicted molar refractivity (Wildman–Crippen MR) is 120 cm³/mol. The molecule has 3 heterocycles. The van der Waals surface area contributed by atoms with Gasteiger partial charge in [0.1, 0.15) is 5.75 Å². The molecule has 0 aliphatic carbocycles.